The molecule has 0 aliphatic rings. The lowest BCUT2D eigenvalue weighted by Crippen LogP contribution is -2.08. The van der Waals surface area contributed by atoms with Crippen molar-refractivity contribution in [2.75, 3.05) is 11.9 Å². The van der Waals surface area contributed by atoms with Crippen LogP contribution in [0.25, 0.3) is 0 Å². The lowest BCUT2D eigenvalue weighted by Gasteiger charge is -2.17. The van der Waals surface area contributed by atoms with Crippen LogP contribution < -0.4 is 5.32 Å². The number of aromatic nitrogens is 2. The van der Waals surface area contributed by atoms with E-state index in [9.17, 15) is 0 Å². The summed E-state index contributed by atoms with van der Waals surface area (Å²) in [4.78, 5) is 8.44. The van der Waals surface area contributed by atoms with Crippen LogP contribution in [-0.2, 0) is 0 Å². The van der Waals surface area contributed by atoms with E-state index in [-0.39, 0.29) is 0 Å². The smallest absolute Gasteiger partial charge is 0.144 e. The first-order valence-electron chi connectivity index (χ1n) is 6.00. The third-order valence-corrected chi connectivity index (χ3v) is 2.41. The number of nitrogens with zero attached hydrogens (tertiary/aromatic N) is 2. The number of hydrogen-bond acceptors (Lipinski definition) is 3. The van der Waals surface area contributed by atoms with Crippen molar-refractivity contribution in [3.8, 4) is 0 Å². The molecule has 0 aromatic carbocycles. The molecule has 0 radical (unpaired) electrons. The van der Waals surface area contributed by atoms with E-state index in [4.69, 9.17) is 0 Å². The minimum absolute atomic E-state index is 0.448. The summed E-state index contributed by atoms with van der Waals surface area (Å²) in [5.74, 6) is 0.885. The summed E-state index contributed by atoms with van der Waals surface area (Å²) in [6.45, 7) is 9.79. The first kappa shape index (κ1) is 12.9. The summed E-state index contributed by atoms with van der Waals surface area (Å²) in [6.07, 6.45) is 7.26. The fraction of sp³-hybridized carbons (Fsp3) is 0.692. The molecule has 3 heteroatoms. The molecule has 0 bridgehead atoms. The van der Waals surface area contributed by atoms with Crippen LogP contribution in [0, 0.1) is 12.3 Å². The molecule has 1 N–H and O–H groups in total. The van der Waals surface area contributed by atoms with E-state index in [0.717, 1.165) is 18.1 Å². The van der Waals surface area contributed by atoms with Crippen molar-refractivity contribution in [2.24, 2.45) is 5.41 Å². The first-order chi connectivity index (χ1) is 7.47. The van der Waals surface area contributed by atoms with Gasteiger partial charge in [-0.1, -0.05) is 27.2 Å². The van der Waals surface area contributed by atoms with E-state index < -0.39 is 0 Å². The van der Waals surface area contributed by atoms with E-state index in [2.05, 4.69) is 36.1 Å². The van der Waals surface area contributed by atoms with Gasteiger partial charge in [-0.15, -0.1) is 0 Å². The van der Waals surface area contributed by atoms with Crippen molar-refractivity contribution < 1.29 is 0 Å². The summed E-state index contributed by atoms with van der Waals surface area (Å²) in [5.41, 5.74) is 1.41. The molecule has 0 atom stereocenters. The highest BCUT2D eigenvalue weighted by atomic mass is 15.0. The average Bonchev–Trinajstić information content (AvgIpc) is 2.15. The third-order valence-electron chi connectivity index (χ3n) is 2.41. The number of anilines is 1. The third kappa shape index (κ3) is 5.69. The molecule has 1 rings (SSSR count). The van der Waals surface area contributed by atoms with Crippen molar-refractivity contribution in [3.05, 3.63) is 18.1 Å². The zero-order chi connectivity index (χ0) is 12.0. The fourth-order valence-corrected chi connectivity index (χ4v) is 1.55. The predicted octanol–water partition coefficient (Wildman–Crippen LogP) is 3.41. The quantitative estimate of drug-likeness (QED) is 0.774. The molecule has 0 spiro atoms. The normalized spacial score (nSPS) is 11.5. The van der Waals surface area contributed by atoms with Gasteiger partial charge in [0.05, 0.1) is 11.9 Å². The largest absolute Gasteiger partial charge is 0.369 e. The molecule has 0 saturated heterocycles. The summed E-state index contributed by atoms with van der Waals surface area (Å²) in [7, 11) is 0. The van der Waals surface area contributed by atoms with Gasteiger partial charge in [-0.3, -0.25) is 4.98 Å². The molecule has 0 aliphatic carbocycles. The monoisotopic (exact) mass is 221 g/mol. The van der Waals surface area contributed by atoms with Gasteiger partial charge in [0.1, 0.15) is 5.82 Å². The minimum atomic E-state index is 0.448. The highest BCUT2D eigenvalue weighted by Crippen LogP contribution is 2.21. The SMILES string of the molecule is Cc1cncc(NCCCCC(C)(C)C)n1. The number of hydrogen-bond donors (Lipinski definition) is 1. The van der Waals surface area contributed by atoms with Crippen LogP contribution in [0.15, 0.2) is 12.4 Å². The topological polar surface area (TPSA) is 37.8 Å². The van der Waals surface area contributed by atoms with Gasteiger partial charge in [0.2, 0.25) is 0 Å². The molecule has 0 amide bonds. The van der Waals surface area contributed by atoms with Gasteiger partial charge >= 0.3 is 0 Å². The molecule has 3 nitrogen and oxygen atoms in total. The van der Waals surface area contributed by atoms with Crippen molar-refractivity contribution in [3.63, 3.8) is 0 Å². The maximum atomic E-state index is 4.35. The van der Waals surface area contributed by atoms with Crippen LogP contribution in [0.5, 0.6) is 0 Å². The van der Waals surface area contributed by atoms with Gasteiger partial charge in [0.15, 0.2) is 0 Å². The van der Waals surface area contributed by atoms with Gasteiger partial charge in [-0.05, 0) is 25.2 Å². The zero-order valence-corrected chi connectivity index (χ0v) is 10.9. The summed E-state index contributed by atoms with van der Waals surface area (Å²) in [6, 6.07) is 0. The molecule has 16 heavy (non-hydrogen) atoms. The van der Waals surface area contributed by atoms with Crippen LogP contribution in [0.3, 0.4) is 0 Å². The van der Waals surface area contributed by atoms with Gasteiger partial charge in [-0.25, -0.2) is 4.98 Å². The molecule has 0 saturated carbocycles. The molecule has 1 aromatic rings. The Labute approximate surface area is 98.7 Å². The second-order valence-corrected chi connectivity index (χ2v) is 5.49. The second-order valence-electron chi connectivity index (χ2n) is 5.49. The molecular weight excluding hydrogens is 198 g/mol. The summed E-state index contributed by atoms with van der Waals surface area (Å²) >= 11 is 0. The Kier molecular flexibility index (Phi) is 4.71. The highest BCUT2D eigenvalue weighted by Gasteiger charge is 2.08. The maximum absolute atomic E-state index is 4.35. The fourth-order valence-electron chi connectivity index (χ4n) is 1.55. The van der Waals surface area contributed by atoms with Gasteiger partial charge in [0, 0.05) is 12.7 Å². The molecule has 0 fully saturated rings. The zero-order valence-electron chi connectivity index (χ0n) is 10.9. The maximum Gasteiger partial charge on any atom is 0.144 e. The summed E-state index contributed by atoms with van der Waals surface area (Å²) in [5, 5.41) is 3.30. The van der Waals surface area contributed by atoms with E-state index in [0.29, 0.717) is 5.41 Å². The van der Waals surface area contributed by atoms with E-state index >= 15 is 0 Å². The highest BCUT2D eigenvalue weighted by molar-refractivity contribution is 5.31. The van der Waals surface area contributed by atoms with Crippen molar-refractivity contribution in [2.45, 2.75) is 47.0 Å². The number of rotatable bonds is 5. The van der Waals surface area contributed by atoms with E-state index in [1.54, 1.807) is 12.4 Å². The second kappa shape index (κ2) is 5.83. The first-order valence-corrected chi connectivity index (χ1v) is 6.00. The van der Waals surface area contributed by atoms with Crippen LogP contribution in [-0.4, -0.2) is 16.5 Å². The van der Waals surface area contributed by atoms with Crippen molar-refractivity contribution >= 4 is 5.82 Å². The average molecular weight is 221 g/mol. The van der Waals surface area contributed by atoms with Gasteiger partial charge in [-0.2, -0.15) is 0 Å². The number of nitrogens with one attached hydrogen (secondary N) is 1. The summed E-state index contributed by atoms with van der Waals surface area (Å²) < 4.78 is 0. The van der Waals surface area contributed by atoms with Gasteiger partial charge < -0.3 is 5.32 Å². The van der Waals surface area contributed by atoms with Crippen LogP contribution in [0.2, 0.25) is 0 Å². The molecule has 1 heterocycles. The lowest BCUT2D eigenvalue weighted by molar-refractivity contribution is 0.362. The molecule has 1 aromatic heterocycles. The minimum Gasteiger partial charge on any atom is -0.369 e. The van der Waals surface area contributed by atoms with E-state index in [1.165, 1.54) is 19.3 Å². The molecule has 0 unspecified atom stereocenters. The molecule has 0 aliphatic heterocycles. The molecular formula is C13H23N3. The number of aryl methyl sites for hydroxylation is 1. The van der Waals surface area contributed by atoms with E-state index in [1.807, 2.05) is 6.92 Å². The Morgan fingerprint density at radius 1 is 1.19 bits per heavy atom. The predicted molar refractivity (Wildman–Crippen MR) is 68.6 cm³/mol. The Morgan fingerprint density at radius 2 is 1.94 bits per heavy atom. The molecule has 90 valence electrons. The Morgan fingerprint density at radius 3 is 2.56 bits per heavy atom. The van der Waals surface area contributed by atoms with Crippen LogP contribution >= 0.6 is 0 Å². The Hall–Kier alpha value is -1.12. The van der Waals surface area contributed by atoms with Crippen LogP contribution in [0.1, 0.15) is 45.7 Å². The standard InChI is InChI=1S/C13H23N3/c1-11-9-14-10-12(16-11)15-8-6-5-7-13(2,3)4/h9-10H,5-8H2,1-4H3,(H,15,16). The lowest BCUT2D eigenvalue weighted by atomic mass is 9.90. The Bertz CT molecular complexity index is 315. The number of unbranched alkanes of at least 4 members (excludes halogenated alkanes) is 1. The van der Waals surface area contributed by atoms with Gasteiger partial charge in [0.25, 0.3) is 0 Å². The van der Waals surface area contributed by atoms with Crippen LogP contribution in [0.4, 0.5) is 5.82 Å². The Balaban J connectivity index is 2.17. The van der Waals surface area contributed by atoms with Crippen molar-refractivity contribution in [1.29, 1.82) is 0 Å². The van der Waals surface area contributed by atoms with Crippen molar-refractivity contribution in [1.82, 2.24) is 9.97 Å².